The molecule has 1 aliphatic heterocycles. The van der Waals surface area contributed by atoms with Crippen molar-refractivity contribution in [3.8, 4) is 0 Å². The van der Waals surface area contributed by atoms with Gasteiger partial charge in [0.15, 0.2) is 12.4 Å². The topological polar surface area (TPSA) is 80.8 Å². The second-order valence-electron chi connectivity index (χ2n) is 8.45. The summed E-state index contributed by atoms with van der Waals surface area (Å²) in [6, 6.07) is 16.7. The Kier molecular flexibility index (Phi) is 4.93. The number of amides is 2. The minimum absolute atomic E-state index is 0.185. The summed E-state index contributed by atoms with van der Waals surface area (Å²) in [6.07, 6.45) is 0. The number of carbonyl (C=O) groups is 4. The average molecular weight is 415 g/mol. The first-order chi connectivity index (χ1) is 14.7. The highest BCUT2D eigenvalue weighted by Gasteiger charge is 2.33. The lowest BCUT2D eigenvalue weighted by molar-refractivity contribution is -0.129. The SMILES string of the molecule is CC(C)(C)C(=O)COC(=O)c1ccc(N2C(=O)c3cccc4cccc(c34)C2=O)cc1. The summed E-state index contributed by atoms with van der Waals surface area (Å²) in [5, 5.41) is 1.49. The summed E-state index contributed by atoms with van der Waals surface area (Å²) in [7, 11) is 0. The van der Waals surface area contributed by atoms with Gasteiger partial charge in [0.1, 0.15) is 0 Å². The van der Waals surface area contributed by atoms with Crippen LogP contribution < -0.4 is 4.90 Å². The number of imide groups is 1. The van der Waals surface area contributed by atoms with E-state index >= 15 is 0 Å². The Bertz CT molecular complexity index is 1180. The van der Waals surface area contributed by atoms with Crippen molar-refractivity contribution in [1.82, 2.24) is 0 Å². The summed E-state index contributed by atoms with van der Waals surface area (Å²) < 4.78 is 5.09. The molecule has 1 heterocycles. The van der Waals surface area contributed by atoms with Crippen molar-refractivity contribution >= 4 is 40.0 Å². The zero-order chi connectivity index (χ0) is 22.3. The predicted octanol–water partition coefficient (Wildman–Crippen LogP) is 4.41. The van der Waals surface area contributed by atoms with Gasteiger partial charge in [0.05, 0.1) is 11.3 Å². The molecule has 0 N–H and O–H groups in total. The largest absolute Gasteiger partial charge is 0.454 e. The standard InChI is InChI=1S/C25H21NO5/c1-25(2,3)20(27)14-31-24(30)16-10-12-17(13-11-16)26-22(28)18-8-4-6-15-7-5-9-19(21(15)18)23(26)29/h4-13H,14H2,1-3H3. The van der Waals surface area contributed by atoms with E-state index in [0.717, 1.165) is 10.3 Å². The van der Waals surface area contributed by atoms with Crippen LogP contribution >= 0.6 is 0 Å². The molecule has 0 radical (unpaired) electrons. The molecule has 0 bridgehead atoms. The van der Waals surface area contributed by atoms with Gasteiger partial charge in [0, 0.05) is 21.9 Å². The molecule has 3 aromatic carbocycles. The molecule has 0 saturated carbocycles. The third kappa shape index (κ3) is 3.61. The number of anilines is 1. The lowest BCUT2D eigenvalue weighted by Crippen LogP contribution is -2.40. The number of esters is 1. The number of ketones is 1. The molecule has 156 valence electrons. The van der Waals surface area contributed by atoms with Crippen LogP contribution in [0.15, 0.2) is 60.7 Å². The van der Waals surface area contributed by atoms with Crippen LogP contribution in [0, 0.1) is 5.41 Å². The molecule has 0 aromatic heterocycles. The van der Waals surface area contributed by atoms with Crippen LogP contribution in [-0.4, -0.2) is 30.2 Å². The van der Waals surface area contributed by atoms with Crippen molar-refractivity contribution in [2.45, 2.75) is 20.8 Å². The fourth-order valence-electron chi connectivity index (χ4n) is 3.44. The first kappa shape index (κ1) is 20.5. The molecular formula is C25H21NO5. The number of ether oxygens (including phenoxy) is 1. The number of Topliss-reactive ketones (excluding diaryl/α,β-unsaturated/α-hetero) is 1. The van der Waals surface area contributed by atoms with Crippen LogP contribution in [-0.2, 0) is 9.53 Å². The van der Waals surface area contributed by atoms with E-state index in [-0.39, 0.29) is 18.0 Å². The normalized spacial score (nSPS) is 13.5. The fraction of sp³-hybridized carbons (Fsp3) is 0.200. The molecule has 6 nitrogen and oxygen atoms in total. The number of benzene rings is 3. The molecule has 31 heavy (non-hydrogen) atoms. The molecule has 0 atom stereocenters. The lowest BCUT2D eigenvalue weighted by atomic mass is 9.91. The maximum atomic E-state index is 13.1. The second kappa shape index (κ2) is 7.47. The molecular weight excluding hydrogens is 394 g/mol. The first-order valence-electron chi connectivity index (χ1n) is 9.89. The van der Waals surface area contributed by atoms with Crippen LogP contribution in [0.4, 0.5) is 5.69 Å². The highest BCUT2D eigenvalue weighted by molar-refractivity contribution is 6.35. The van der Waals surface area contributed by atoms with E-state index in [0.29, 0.717) is 22.2 Å². The van der Waals surface area contributed by atoms with Gasteiger partial charge in [-0.05, 0) is 41.8 Å². The van der Waals surface area contributed by atoms with Crippen LogP contribution in [0.3, 0.4) is 0 Å². The minimum atomic E-state index is -0.643. The van der Waals surface area contributed by atoms with Crippen LogP contribution in [0.2, 0.25) is 0 Å². The highest BCUT2D eigenvalue weighted by Crippen LogP contribution is 2.32. The summed E-state index contributed by atoms with van der Waals surface area (Å²) in [5.74, 6) is -1.66. The quantitative estimate of drug-likeness (QED) is 0.466. The molecule has 3 aromatic rings. The maximum absolute atomic E-state index is 13.1. The highest BCUT2D eigenvalue weighted by atomic mass is 16.5. The van der Waals surface area contributed by atoms with Crippen molar-refractivity contribution in [1.29, 1.82) is 0 Å². The molecule has 0 aliphatic carbocycles. The van der Waals surface area contributed by atoms with Gasteiger partial charge in [-0.2, -0.15) is 0 Å². The summed E-state index contributed by atoms with van der Waals surface area (Å²) >= 11 is 0. The minimum Gasteiger partial charge on any atom is -0.454 e. The van der Waals surface area contributed by atoms with E-state index in [9.17, 15) is 19.2 Å². The molecule has 0 spiro atoms. The number of rotatable bonds is 4. The third-order valence-corrected chi connectivity index (χ3v) is 5.30. The molecule has 2 amide bonds. The summed E-state index contributed by atoms with van der Waals surface area (Å²) in [5.41, 5.74) is 0.889. The molecule has 6 heteroatoms. The van der Waals surface area contributed by atoms with E-state index in [1.54, 1.807) is 45.0 Å². The Morgan fingerprint density at radius 1 is 0.839 bits per heavy atom. The Morgan fingerprint density at radius 3 is 1.90 bits per heavy atom. The Labute approximate surface area is 179 Å². The smallest absolute Gasteiger partial charge is 0.338 e. The van der Waals surface area contributed by atoms with Crippen molar-refractivity contribution < 1.29 is 23.9 Å². The molecule has 1 aliphatic rings. The van der Waals surface area contributed by atoms with E-state index in [2.05, 4.69) is 0 Å². The van der Waals surface area contributed by atoms with Gasteiger partial charge in [-0.1, -0.05) is 45.0 Å². The van der Waals surface area contributed by atoms with Crippen molar-refractivity contribution in [2.75, 3.05) is 11.5 Å². The third-order valence-electron chi connectivity index (χ3n) is 5.30. The summed E-state index contributed by atoms with van der Waals surface area (Å²) in [6.45, 7) is 4.95. The Balaban J connectivity index is 1.58. The van der Waals surface area contributed by atoms with Gasteiger partial charge in [0.2, 0.25) is 0 Å². The van der Waals surface area contributed by atoms with Gasteiger partial charge in [-0.3, -0.25) is 14.4 Å². The van der Waals surface area contributed by atoms with Crippen molar-refractivity contribution in [2.24, 2.45) is 5.41 Å². The Hall–Kier alpha value is -3.80. The van der Waals surface area contributed by atoms with Crippen LogP contribution in [0.5, 0.6) is 0 Å². The van der Waals surface area contributed by atoms with E-state index in [1.165, 1.54) is 24.3 Å². The monoisotopic (exact) mass is 415 g/mol. The van der Waals surface area contributed by atoms with E-state index in [4.69, 9.17) is 4.74 Å². The van der Waals surface area contributed by atoms with E-state index in [1.807, 2.05) is 12.1 Å². The average Bonchev–Trinajstić information content (AvgIpc) is 2.75. The van der Waals surface area contributed by atoms with E-state index < -0.39 is 23.2 Å². The fourth-order valence-corrected chi connectivity index (χ4v) is 3.44. The predicted molar refractivity (Wildman–Crippen MR) is 116 cm³/mol. The first-order valence-corrected chi connectivity index (χ1v) is 9.89. The van der Waals surface area contributed by atoms with Gasteiger partial charge < -0.3 is 4.74 Å². The molecule has 0 saturated heterocycles. The zero-order valence-corrected chi connectivity index (χ0v) is 17.5. The van der Waals surface area contributed by atoms with Crippen molar-refractivity contribution in [3.05, 3.63) is 77.4 Å². The van der Waals surface area contributed by atoms with Crippen molar-refractivity contribution in [3.63, 3.8) is 0 Å². The summed E-state index contributed by atoms with van der Waals surface area (Å²) in [4.78, 5) is 51.5. The lowest BCUT2D eigenvalue weighted by Gasteiger charge is -2.27. The maximum Gasteiger partial charge on any atom is 0.338 e. The Morgan fingerprint density at radius 2 is 1.39 bits per heavy atom. The number of carbonyl (C=O) groups excluding carboxylic acids is 4. The van der Waals surface area contributed by atoms with Crippen LogP contribution in [0.25, 0.3) is 10.8 Å². The number of hydrogen-bond acceptors (Lipinski definition) is 5. The van der Waals surface area contributed by atoms with Gasteiger partial charge in [0.25, 0.3) is 11.8 Å². The molecule has 4 rings (SSSR count). The number of hydrogen-bond donors (Lipinski definition) is 0. The molecule has 0 unspecified atom stereocenters. The van der Waals surface area contributed by atoms with Gasteiger partial charge in [-0.25, -0.2) is 9.69 Å². The zero-order valence-electron chi connectivity index (χ0n) is 17.5. The van der Waals surface area contributed by atoms with Crippen LogP contribution in [0.1, 0.15) is 51.8 Å². The molecule has 0 fully saturated rings. The van der Waals surface area contributed by atoms with Gasteiger partial charge >= 0.3 is 5.97 Å². The number of nitrogens with zero attached hydrogens (tertiary/aromatic N) is 1. The second-order valence-corrected chi connectivity index (χ2v) is 8.45. The van der Waals surface area contributed by atoms with Gasteiger partial charge in [-0.15, -0.1) is 0 Å².